The predicted octanol–water partition coefficient (Wildman–Crippen LogP) is 0.950. The Labute approximate surface area is 91.5 Å². The van der Waals surface area contributed by atoms with Crippen molar-refractivity contribution in [2.24, 2.45) is 7.05 Å². The smallest absolute Gasteiger partial charge is 0.0752 e. The Morgan fingerprint density at radius 1 is 1.33 bits per heavy atom. The molecule has 0 aliphatic carbocycles. The molecule has 0 N–H and O–H groups in total. The molecule has 84 valence electrons. The van der Waals surface area contributed by atoms with Crippen LogP contribution in [0.3, 0.4) is 0 Å². The first-order valence-electron chi connectivity index (χ1n) is 5.57. The van der Waals surface area contributed by atoms with Gasteiger partial charge in [0.05, 0.1) is 11.9 Å². The Balaban J connectivity index is 1.99. The first-order chi connectivity index (χ1) is 7.16. The van der Waals surface area contributed by atoms with Gasteiger partial charge in [0.25, 0.3) is 0 Å². The predicted molar refractivity (Wildman–Crippen MR) is 62.1 cm³/mol. The normalized spacial score (nSPS) is 19.4. The lowest BCUT2D eigenvalue weighted by Gasteiger charge is -2.35. The van der Waals surface area contributed by atoms with Crippen molar-refractivity contribution in [2.45, 2.75) is 18.9 Å². The van der Waals surface area contributed by atoms with Gasteiger partial charge in [0.2, 0.25) is 0 Å². The number of anilines is 1. The molecule has 0 atom stereocenters. The molecule has 0 amide bonds. The van der Waals surface area contributed by atoms with Crippen LogP contribution < -0.4 is 4.90 Å². The average molecular weight is 208 g/mol. The molecule has 4 nitrogen and oxygen atoms in total. The zero-order valence-electron chi connectivity index (χ0n) is 9.85. The molecule has 0 aromatic carbocycles. The second-order valence-electron chi connectivity index (χ2n) is 4.52. The van der Waals surface area contributed by atoms with Crippen LogP contribution >= 0.6 is 0 Å². The van der Waals surface area contributed by atoms with Gasteiger partial charge in [-0.2, -0.15) is 5.10 Å². The van der Waals surface area contributed by atoms with Gasteiger partial charge in [-0.15, -0.1) is 0 Å². The molecular weight excluding hydrogens is 188 g/mol. The van der Waals surface area contributed by atoms with Crippen molar-refractivity contribution in [2.75, 3.05) is 32.1 Å². The van der Waals surface area contributed by atoms with Crippen molar-refractivity contribution in [3.05, 3.63) is 12.4 Å². The van der Waals surface area contributed by atoms with Crippen molar-refractivity contribution in [1.82, 2.24) is 14.7 Å². The van der Waals surface area contributed by atoms with E-state index in [0.29, 0.717) is 6.04 Å². The van der Waals surface area contributed by atoms with Crippen molar-refractivity contribution in [1.29, 1.82) is 0 Å². The van der Waals surface area contributed by atoms with E-state index in [-0.39, 0.29) is 0 Å². The highest BCUT2D eigenvalue weighted by Gasteiger charge is 2.21. The van der Waals surface area contributed by atoms with Gasteiger partial charge in [0, 0.05) is 26.3 Å². The van der Waals surface area contributed by atoms with Crippen molar-refractivity contribution in [3.8, 4) is 0 Å². The van der Waals surface area contributed by atoms with Gasteiger partial charge < -0.3 is 9.80 Å². The lowest BCUT2D eigenvalue weighted by molar-refractivity contribution is 0.253. The molecule has 0 bridgehead atoms. The molecule has 0 saturated carbocycles. The maximum absolute atomic E-state index is 4.21. The van der Waals surface area contributed by atoms with Crippen LogP contribution in [0, 0.1) is 0 Å². The van der Waals surface area contributed by atoms with Crippen LogP contribution in [0.5, 0.6) is 0 Å². The van der Waals surface area contributed by atoms with E-state index >= 15 is 0 Å². The van der Waals surface area contributed by atoms with E-state index in [1.807, 2.05) is 17.9 Å². The van der Waals surface area contributed by atoms with Crippen LogP contribution in [0.25, 0.3) is 0 Å². The fourth-order valence-corrected chi connectivity index (χ4v) is 2.18. The molecular formula is C11H20N4. The summed E-state index contributed by atoms with van der Waals surface area (Å²) < 4.78 is 1.86. The first-order valence-corrected chi connectivity index (χ1v) is 5.57. The highest BCUT2D eigenvalue weighted by Crippen LogP contribution is 2.20. The summed E-state index contributed by atoms with van der Waals surface area (Å²) in [4.78, 5) is 4.76. The highest BCUT2D eigenvalue weighted by molar-refractivity contribution is 5.42. The molecule has 4 heteroatoms. The molecule has 1 aliphatic heterocycles. The van der Waals surface area contributed by atoms with E-state index in [4.69, 9.17) is 0 Å². The Morgan fingerprint density at radius 2 is 2.00 bits per heavy atom. The van der Waals surface area contributed by atoms with Crippen molar-refractivity contribution < 1.29 is 0 Å². The van der Waals surface area contributed by atoms with E-state index in [9.17, 15) is 0 Å². The van der Waals surface area contributed by atoms with E-state index in [0.717, 1.165) is 0 Å². The lowest BCUT2D eigenvalue weighted by Crippen LogP contribution is -2.41. The SMILES string of the molecule is CN1CCC(N(C)c2cnn(C)c2)CC1. The van der Waals surface area contributed by atoms with Crippen molar-refractivity contribution >= 4 is 5.69 Å². The minimum atomic E-state index is 0.672. The number of hydrogen-bond donors (Lipinski definition) is 0. The van der Waals surface area contributed by atoms with Crippen molar-refractivity contribution in [3.63, 3.8) is 0 Å². The molecule has 2 heterocycles. The third kappa shape index (κ3) is 2.31. The largest absolute Gasteiger partial charge is 0.369 e. The van der Waals surface area contributed by atoms with Gasteiger partial charge in [-0.1, -0.05) is 0 Å². The summed E-state index contributed by atoms with van der Waals surface area (Å²) in [6, 6.07) is 0.672. The minimum Gasteiger partial charge on any atom is -0.369 e. The summed E-state index contributed by atoms with van der Waals surface area (Å²) in [6.07, 6.45) is 6.53. The van der Waals surface area contributed by atoms with Gasteiger partial charge in [0.15, 0.2) is 0 Å². The van der Waals surface area contributed by atoms with Crippen LogP contribution in [-0.2, 0) is 7.05 Å². The average Bonchev–Trinajstić information content (AvgIpc) is 2.65. The highest BCUT2D eigenvalue weighted by atomic mass is 15.3. The molecule has 15 heavy (non-hydrogen) atoms. The molecule has 1 fully saturated rings. The quantitative estimate of drug-likeness (QED) is 0.723. The summed E-state index contributed by atoms with van der Waals surface area (Å²) in [5.41, 5.74) is 1.23. The minimum absolute atomic E-state index is 0.672. The van der Waals surface area contributed by atoms with E-state index < -0.39 is 0 Å². The zero-order chi connectivity index (χ0) is 10.8. The van der Waals surface area contributed by atoms with Crippen LogP contribution in [-0.4, -0.2) is 47.9 Å². The maximum Gasteiger partial charge on any atom is 0.0752 e. The van der Waals surface area contributed by atoms with Gasteiger partial charge >= 0.3 is 0 Å². The first kappa shape index (κ1) is 10.5. The van der Waals surface area contributed by atoms with E-state index in [1.54, 1.807) is 0 Å². The van der Waals surface area contributed by atoms with E-state index in [1.165, 1.54) is 31.6 Å². The monoisotopic (exact) mass is 208 g/mol. The number of hydrogen-bond acceptors (Lipinski definition) is 3. The molecule has 1 saturated heterocycles. The Hall–Kier alpha value is -1.03. The standard InChI is InChI=1S/C11H20N4/c1-13-6-4-10(5-7-13)15(3)11-8-12-14(2)9-11/h8-10H,4-7H2,1-3H3. The summed E-state index contributed by atoms with van der Waals surface area (Å²) >= 11 is 0. The Morgan fingerprint density at radius 3 is 2.53 bits per heavy atom. The Kier molecular flexibility index (Phi) is 2.95. The maximum atomic E-state index is 4.21. The van der Waals surface area contributed by atoms with Gasteiger partial charge in [-0.05, 0) is 33.0 Å². The molecule has 0 radical (unpaired) electrons. The third-order valence-electron chi connectivity index (χ3n) is 3.33. The van der Waals surface area contributed by atoms with E-state index in [2.05, 4.69) is 35.2 Å². The van der Waals surface area contributed by atoms with Crippen LogP contribution in [0.1, 0.15) is 12.8 Å². The van der Waals surface area contributed by atoms with Gasteiger partial charge in [0.1, 0.15) is 0 Å². The number of aromatic nitrogens is 2. The van der Waals surface area contributed by atoms with Crippen LogP contribution in [0.15, 0.2) is 12.4 Å². The molecule has 1 aromatic rings. The molecule has 0 spiro atoms. The Bertz CT molecular complexity index is 312. The molecule has 1 aliphatic rings. The zero-order valence-corrected chi connectivity index (χ0v) is 9.85. The number of piperidine rings is 1. The topological polar surface area (TPSA) is 24.3 Å². The summed E-state index contributed by atoms with van der Waals surface area (Å²) in [6.45, 7) is 2.41. The van der Waals surface area contributed by atoms with Crippen LogP contribution in [0.4, 0.5) is 5.69 Å². The number of rotatable bonds is 2. The molecule has 2 rings (SSSR count). The van der Waals surface area contributed by atoms with Gasteiger partial charge in [-0.25, -0.2) is 0 Å². The second-order valence-corrected chi connectivity index (χ2v) is 4.52. The molecule has 1 aromatic heterocycles. The number of likely N-dealkylation sites (tertiary alicyclic amines) is 1. The van der Waals surface area contributed by atoms with Gasteiger partial charge in [-0.3, -0.25) is 4.68 Å². The number of nitrogens with zero attached hydrogens (tertiary/aromatic N) is 4. The van der Waals surface area contributed by atoms with Crippen LogP contribution in [0.2, 0.25) is 0 Å². The summed E-state index contributed by atoms with van der Waals surface area (Å²) in [5, 5.41) is 4.21. The fourth-order valence-electron chi connectivity index (χ4n) is 2.18. The molecule has 0 unspecified atom stereocenters. The lowest BCUT2D eigenvalue weighted by atomic mass is 10.0. The summed E-state index contributed by atoms with van der Waals surface area (Å²) in [5.74, 6) is 0. The summed E-state index contributed by atoms with van der Waals surface area (Å²) in [7, 11) is 6.33. The number of aryl methyl sites for hydroxylation is 1. The third-order valence-corrected chi connectivity index (χ3v) is 3.33. The fraction of sp³-hybridized carbons (Fsp3) is 0.727. The second kappa shape index (κ2) is 4.23.